The van der Waals surface area contributed by atoms with E-state index in [1.165, 1.54) is 0 Å². The number of aromatic nitrogens is 1. The summed E-state index contributed by atoms with van der Waals surface area (Å²) >= 11 is 0. The number of H-pyrrole nitrogens is 1. The summed E-state index contributed by atoms with van der Waals surface area (Å²) in [6, 6.07) is 7.44. The monoisotopic (exact) mass is 418 g/mol. The van der Waals surface area contributed by atoms with E-state index in [4.69, 9.17) is 4.74 Å². The lowest BCUT2D eigenvalue weighted by Gasteiger charge is -2.33. The molecule has 8 heteroatoms. The third-order valence-corrected chi connectivity index (χ3v) is 7.72. The number of benzene rings is 1. The molecule has 1 N–H and O–H groups in total. The van der Waals surface area contributed by atoms with Crippen molar-refractivity contribution < 1.29 is 22.7 Å². The van der Waals surface area contributed by atoms with Crippen molar-refractivity contribution in [3.63, 3.8) is 0 Å². The topological polar surface area (TPSA) is 96.5 Å². The zero-order valence-corrected chi connectivity index (χ0v) is 17.1. The molecule has 2 aromatic rings. The van der Waals surface area contributed by atoms with Crippen molar-refractivity contribution in [3.05, 3.63) is 36.0 Å². The number of carbonyl (C=O) groups is 2. The SMILES string of the molecule is O=C(Cc1c[nH]c2ccccc12)OCC(=O)N(C1CCCC1)[C@@H]1CCS(=O)(=O)C1. The highest BCUT2D eigenvalue weighted by molar-refractivity contribution is 7.91. The van der Waals surface area contributed by atoms with Gasteiger partial charge >= 0.3 is 5.97 Å². The van der Waals surface area contributed by atoms with Gasteiger partial charge in [0, 0.05) is 29.2 Å². The molecule has 2 aliphatic rings. The summed E-state index contributed by atoms with van der Waals surface area (Å²) in [6.45, 7) is -0.339. The van der Waals surface area contributed by atoms with Gasteiger partial charge in [-0.2, -0.15) is 0 Å². The van der Waals surface area contributed by atoms with Gasteiger partial charge in [-0.1, -0.05) is 31.0 Å². The second-order valence-electron chi connectivity index (χ2n) is 7.99. The zero-order valence-electron chi connectivity index (χ0n) is 16.3. The molecule has 4 rings (SSSR count). The van der Waals surface area contributed by atoms with Crippen LogP contribution in [0.15, 0.2) is 30.5 Å². The van der Waals surface area contributed by atoms with Crippen LogP contribution in [0.3, 0.4) is 0 Å². The molecule has 1 aliphatic heterocycles. The number of esters is 1. The van der Waals surface area contributed by atoms with Crippen LogP contribution in [0.1, 0.15) is 37.7 Å². The van der Waals surface area contributed by atoms with Crippen molar-refractivity contribution in [3.8, 4) is 0 Å². The molecule has 7 nitrogen and oxygen atoms in total. The maximum absolute atomic E-state index is 12.9. The van der Waals surface area contributed by atoms with Gasteiger partial charge in [-0.25, -0.2) is 8.42 Å². The Labute approximate surface area is 170 Å². The summed E-state index contributed by atoms with van der Waals surface area (Å²) in [5, 5.41) is 0.958. The average Bonchev–Trinajstić information content (AvgIpc) is 3.42. The first-order valence-corrected chi connectivity index (χ1v) is 12.0. The molecule has 29 heavy (non-hydrogen) atoms. The molecule has 2 fully saturated rings. The first-order chi connectivity index (χ1) is 13.9. The summed E-state index contributed by atoms with van der Waals surface area (Å²) < 4.78 is 29.1. The number of sulfone groups is 1. The van der Waals surface area contributed by atoms with E-state index >= 15 is 0 Å². The summed E-state index contributed by atoms with van der Waals surface area (Å²) in [5.41, 5.74) is 1.77. The van der Waals surface area contributed by atoms with Crippen LogP contribution in [0.2, 0.25) is 0 Å². The number of hydrogen-bond acceptors (Lipinski definition) is 5. The van der Waals surface area contributed by atoms with Crippen molar-refractivity contribution in [2.75, 3.05) is 18.1 Å². The molecule has 1 aliphatic carbocycles. The second kappa shape index (κ2) is 8.18. The molecule has 2 heterocycles. The van der Waals surface area contributed by atoms with E-state index in [1.54, 1.807) is 11.1 Å². The largest absolute Gasteiger partial charge is 0.455 e. The second-order valence-corrected chi connectivity index (χ2v) is 10.2. The Kier molecular flexibility index (Phi) is 5.63. The average molecular weight is 419 g/mol. The van der Waals surface area contributed by atoms with E-state index in [1.807, 2.05) is 24.3 Å². The van der Waals surface area contributed by atoms with E-state index in [9.17, 15) is 18.0 Å². The van der Waals surface area contributed by atoms with Crippen molar-refractivity contribution in [1.82, 2.24) is 9.88 Å². The van der Waals surface area contributed by atoms with Crippen LogP contribution in [0.25, 0.3) is 10.9 Å². The number of ether oxygens (including phenoxy) is 1. The molecule has 1 aromatic carbocycles. The Morgan fingerprint density at radius 2 is 1.86 bits per heavy atom. The third kappa shape index (κ3) is 4.47. The molecular formula is C21H26N2O5S. The predicted molar refractivity (Wildman–Crippen MR) is 109 cm³/mol. The Balaban J connectivity index is 1.39. The maximum Gasteiger partial charge on any atom is 0.310 e. The van der Waals surface area contributed by atoms with Crippen molar-refractivity contribution in [2.45, 2.75) is 50.6 Å². The smallest absolute Gasteiger partial charge is 0.310 e. The molecule has 1 saturated heterocycles. The van der Waals surface area contributed by atoms with E-state index in [0.717, 1.165) is 42.1 Å². The molecule has 0 radical (unpaired) electrons. The first kappa shape index (κ1) is 19.9. The lowest BCUT2D eigenvalue weighted by molar-refractivity contribution is -0.153. The van der Waals surface area contributed by atoms with Gasteiger partial charge in [-0.3, -0.25) is 9.59 Å². The van der Waals surface area contributed by atoms with Gasteiger partial charge in [0.2, 0.25) is 0 Å². The number of aromatic amines is 1. The van der Waals surface area contributed by atoms with Crippen LogP contribution in [-0.2, 0) is 30.6 Å². The van der Waals surface area contributed by atoms with E-state index in [-0.39, 0.29) is 42.5 Å². The van der Waals surface area contributed by atoms with Crippen LogP contribution < -0.4 is 0 Å². The van der Waals surface area contributed by atoms with Crippen LogP contribution in [0, 0.1) is 0 Å². The van der Waals surface area contributed by atoms with Gasteiger partial charge in [0.25, 0.3) is 5.91 Å². The number of amides is 1. The molecule has 156 valence electrons. The van der Waals surface area contributed by atoms with Gasteiger partial charge in [0.1, 0.15) is 0 Å². The van der Waals surface area contributed by atoms with Gasteiger partial charge in [-0.05, 0) is 30.9 Å². The molecule has 0 unspecified atom stereocenters. The zero-order chi connectivity index (χ0) is 20.4. The minimum absolute atomic E-state index is 0.0124. The standard InChI is InChI=1S/C21H26N2O5S/c24-20(23(16-5-1-2-6-16)17-9-10-29(26,27)14-17)13-28-21(25)11-15-12-22-19-8-4-3-7-18(15)19/h3-4,7-8,12,16-17,22H,1-2,5-6,9-11,13-14H2/t17-/m1/s1. The lowest BCUT2D eigenvalue weighted by Crippen LogP contribution is -2.48. The highest BCUT2D eigenvalue weighted by Crippen LogP contribution is 2.29. The Morgan fingerprint density at radius 3 is 2.59 bits per heavy atom. The van der Waals surface area contributed by atoms with Crippen molar-refractivity contribution in [2.24, 2.45) is 0 Å². The van der Waals surface area contributed by atoms with Crippen LogP contribution in [0.4, 0.5) is 0 Å². The van der Waals surface area contributed by atoms with Crippen LogP contribution in [0.5, 0.6) is 0 Å². The maximum atomic E-state index is 12.9. The van der Waals surface area contributed by atoms with Gasteiger partial charge in [0.15, 0.2) is 16.4 Å². The fraction of sp³-hybridized carbons (Fsp3) is 0.524. The van der Waals surface area contributed by atoms with Crippen LogP contribution >= 0.6 is 0 Å². The number of fused-ring (bicyclic) bond motifs is 1. The number of carbonyl (C=O) groups excluding carboxylic acids is 2. The third-order valence-electron chi connectivity index (χ3n) is 5.97. The van der Waals surface area contributed by atoms with E-state index < -0.39 is 15.8 Å². The number of nitrogens with zero attached hydrogens (tertiary/aromatic N) is 1. The normalized spacial score (nSPS) is 21.4. The molecule has 1 amide bonds. The van der Waals surface area contributed by atoms with E-state index in [0.29, 0.717) is 6.42 Å². The summed E-state index contributed by atoms with van der Waals surface area (Å²) in [5.74, 6) is -0.618. The van der Waals surface area contributed by atoms with Crippen molar-refractivity contribution >= 4 is 32.6 Å². The fourth-order valence-corrected chi connectivity index (χ4v) is 6.30. The number of hydrogen-bond donors (Lipinski definition) is 1. The highest BCUT2D eigenvalue weighted by Gasteiger charge is 2.39. The minimum Gasteiger partial charge on any atom is -0.455 e. The Hall–Kier alpha value is -2.35. The predicted octanol–water partition coefficient (Wildman–Crippen LogP) is 2.21. The Bertz CT molecular complexity index is 1010. The summed E-state index contributed by atoms with van der Waals surface area (Å²) in [4.78, 5) is 30.0. The highest BCUT2D eigenvalue weighted by atomic mass is 32.2. The summed E-state index contributed by atoms with van der Waals surface area (Å²) in [6.07, 6.45) is 6.16. The van der Waals surface area contributed by atoms with Gasteiger partial charge < -0.3 is 14.6 Å². The molecule has 0 bridgehead atoms. The number of para-hydroxylation sites is 1. The molecule has 0 spiro atoms. The fourth-order valence-electron chi connectivity index (χ4n) is 4.58. The molecule has 1 aromatic heterocycles. The van der Waals surface area contributed by atoms with Crippen LogP contribution in [-0.4, -0.2) is 60.4 Å². The Morgan fingerprint density at radius 1 is 1.10 bits per heavy atom. The van der Waals surface area contributed by atoms with Crippen molar-refractivity contribution in [1.29, 1.82) is 0 Å². The quantitative estimate of drug-likeness (QED) is 0.726. The number of nitrogens with one attached hydrogen (secondary N) is 1. The summed E-state index contributed by atoms with van der Waals surface area (Å²) in [7, 11) is -3.10. The van der Waals surface area contributed by atoms with E-state index in [2.05, 4.69) is 4.98 Å². The molecule has 1 saturated carbocycles. The number of rotatable bonds is 6. The van der Waals surface area contributed by atoms with Gasteiger partial charge in [-0.15, -0.1) is 0 Å². The minimum atomic E-state index is -3.10. The first-order valence-electron chi connectivity index (χ1n) is 10.2. The molecular weight excluding hydrogens is 392 g/mol. The lowest BCUT2D eigenvalue weighted by atomic mass is 10.1. The molecule has 1 atom stereocenters. The van der Waals surface area contributed by atoms with Gasteiger partial charge in [0.05, 0.1) is 17.9 Å².